The number of rotatable bonds is 6. The van der Waals surface area contributed by atoms with Crippen LogP contribution in [0.5, 0.6) is 11.5 Å². The largest absolute Gasteiger partial charge is 0.497 e. The molecule has 0 bridgehead atoms. The average Bonchev–Trinajstić information content (AvgIpc) is 3.01. The van der Waals surface area contributed by atoms with Crippen molar-refractivity contribution in [2.75, 3.05) is 24.9 Å². The van der Waals surface area contributed by atoms with Crippen molar-refractivity contribution in [1.29, 1.82) is 0 Å². The summed E-state index contributed by atoms with van der Waals surface area (Å²) in [6, 6.07) is 12.3. The van der Waals surface area contributed by atoms with Crippen molar-refractivity contribution >= 4 is 23.1 Å². The first-order chi connectivity index (χ1) is 13.0. The van der Waals surface area contributed by atoms with E-state index in [1.165, 1.54) is 0 Å². The molecule has 0 saturated heterocycles. The second-order valence-electron chi connectivity index (χ2n) is 6.25. The molecule has 0 aromatic heterocycles. The minimum Gasteiger partial charge on any atom is -0.497 e. The van der Waals surface area contributed by atoms with Crippen molar-refractivity contribution in [1.82, 2.24) is 0 Å². The van der Waals surface area contributed by atoms with Crippen molar-refractivity contribution in [2.24, 2.45) is 0 Å². The molecule has 0 fully saturated rings. The Bertz CT molecular complexity index is 901. The second kappa shape index (κ2) is 7.95. The molecule has 1 aliphatic rings. The zero-order valence-electron chi connectivity index (χ0n) is 15.6. The van der Waals surface area contributed by atoms with E-state index in [4.69, 9.17) is 9.47 Å². The summed E-state index contributed by atoms with van der Waals surface area (Å²) in [6.07, 6.45) is 1.21. The van der Waals surface area contributed by atoms with E-state index < -0.39 is 0 Å². The Morgan fingerprint density at radius 1 is 1.00 bits per heavy atom. The zero-order valence-corrected chi connectivity index (χ0v) is 15.6. The van der Waals surface area contributed by atoms with Crippen LogP contribution < -0.4 is 20.1 Å². The van der Waals surface area contributed by atoms with E-state index in [2.05, 4.69) is 10.6 Å². The molecule has 2 N–H and O–H groups in total. The standard InChI is InChI=1S/C21H22N2O4/c1-13-17(10-11-19(13)24)23-18-9-4-14(12-20(18)27-3)21(25)22-15-5-7-16(26-2)8-6-15/h4-9,12,23H,10-11H2,1-3H3,(H,22,25). The van der Waals surface area contributed by atoms with E-state index in [9.17, 15) is 9.59 Å². The molecule has 27 heavy (non-hydrogen) atoms. The fourth-order valence-corrected chi connectivity index (χ4v) is 2.91. The highest BCUT2D eigenvalue weighted by molar-refractivity contribution is 6.05. The number of Topliss-reactive ketones (excluding diaryl/α,β-unsaturated/α-hetero) is 1. The quantitative estimate of drug-likeness (QED) is 0.808. The molecule has 0 aliphatic heterocycles. The third-order valence-corrected chi connectivity index (χ3v) is 4.57. The molecular weight excluding hydrogens is 344 g/mol. The Labute approximate surface area is 158 Å². The van der Waals surface area contributed by atoms with E-state index in [1.807, 2.05) is 6.92 Å². The SMILES string of the molecule is COc1ccc(NC(=O)c2ccc(NC3=C(C)C(=O)CC3)c(OC)c2)cc1. The van der Waals surface area contributed by atoms with Crippen molar-refractivity contribution in [2.45, 2.75) is 19.8 Å². The summed E-state index contributed by atoms with van der Waals surface area (Å²) in [4.78, 5) is 24.2. The monoisotopic (exact) mass is 366 g/mol. The van der Waals surface area contributed by atoms with Crippen molar-refractivity contribution in [3.63, 3.8) is 0 Å². The molecule has 0 heterocycles. The number of allylic oxidation sites excluding steroid dienone is 2. The Morgan fingerprint density at radius 3 is 2.33 bits per heavy atom. The van der Waals surface area contributed by atoms with E-state index in [-0.39, 0.29) is 11.7 Å². The van der Waals surface area contributed by atoms with E-state index >= 15 is 0 Å². The van der Waals surface area contributed by atoms with Gasteiger partial charge in [0.2, 0.25) is 0 Å². The molecule has 0 atom stereocenters. The lowest BCUT2D eigenvalue weighted by atomic mass is 10.1. The highest BCUT2D eigenvalue weighted by atomic mass is 16.5. The van der Waals surface area contributed by atoms with Crippen molar-refractivity contribution < 1.29 is 19.1 Å². The highest BCUT2D eigenvalue weighted by Gasteiger charge is 2.20. The number of ether oxygens (including phenoxy) is 2. The minimum atomic E-state index is -0.239. The lowest BCUT2D eigenvalue weighted by Gasteiger charge is -2.14. The fraction of sp³-hybridized carbons (Fsp3) is 0.238. The zero-order chi connectivity index (χ0) is 19.4. The van der Waals surface area contributed by atoms with Crippen LogP contribution in [0, 0.1) is 0 Å². The molecular formula is C21H22N2O4. The maximum atomic E-state index is 12.5. The molecule has 0 radical (unpaired) electrons. The van der Waals surface area contributed by atoms with Crippen LogP contribution >= 0.6 is 0 Å². The summed E-state index contributed by atoms with van der Waals surface area (Å²) in [5.41, 5.74) is 3.52. The summed E-state index contributed by atoms with van der Waals surface area (Å²) in [6.45, 7) is 1.82. The number of benzene rings is 2. The van der Waals surface area contributed by atoms with Gasteiger partial charge in [-0.25, -0.2) is 0 Å². The van der Waals surface area contributed by atoms with Crippen molar-refractivity contribution in [3.05, 3.63) is 59.3 Å². The van der Waals surface area contributed by atoms with Gasteiger partial charge in [-0.15, -0.1) is 0 Å². The van der Waals surface area contributed by atoms with E-state index in [0.717, 1.165) is 22.7 Å². The molecule has 1 amide bonds. The first-order valence-corrected chi connectivity index (χ1v) is 8.65. The van der Waals surface area contributed by atoms with Gasteiger partial charge in [-0.1, -0.05) is 0 Å². The number of methoxy groups -OCH3 is 2. The van der Waals surface area contributed by atoms with Gasteiger partial charge >= 0.3 is 0 Å². The normalized spacial score (nSPS) is 13.5. The van der Waals surface area contributed by atoms with Crippen LogP contribution in [0.25, 0.3) is 0 Å². The molecule has 3 rings (SSSR count). The second-order valence-corrected chi connectivity index (χ2v) is 6.25. The molecule has 2 aromatic rings. The van der Waals surface area contributed by atoms with E-state index in [1.54, 1.807) is 56.7 Å². The molecule has 140 valence electrons. The number of carbonyl (C=O) groups excluding carboxylic acids is 2. The summed E-state index contributed by atoms with van der Waals surface area (Å²) in [7, 11) is 3.14. The van der Waals surface area contributed by atoms with E-state index in [0.29, 0.717) is 29.8 Å². The third-order valence-electron chi connectivity index (χ3n) is 4.57. The molecule has 0 spiro atoms. The van der Waals surface area contributed by atoms with Gasteiger partial charge in [-0.3, -0.25) is 9.59 Å². The molecule has 1 aliphatic carbocycles. The van der Waals surface area contributed by atoms with Crippen LogP contribution in [0.2, 0.25) is 0 Å². The summed E-state index contributed by atoms with van der Waals surface area (Å²) < 4.78 is 10.5. The summed E-state index contributed by atoms with van der Waals surface area (Å²) in [5.74, 6) is 1.18. The van der Waals surface area contributed by atoms with Gasteiger partial charge in [0.05, 0.1) is 19.9 Å². The van der Waals surface area contributed by atoms with Gasteiger partial charge in [0, 0.05) is 28.9 Å². The molecule has 0 unspecified atom stereocenters. The number of amides is 1. The van der Waals surface area contributed by atoms with Crippen LogP contribution in [0.15, 0.2) is 53.7 Å². The van der Waals surface area contributed by atoms with Gasteiger partial charge in [-0.2, -0.15) is 0 Å². The fourth-order valence-electron chi connectivity index (χ4n) is 2.91. The lowest BCUT2D eigenvalue weighted by molar-refractivity contribution is -0.114. The van der Waals surface area contributed by atoms with Crippen molar-refractivity contribution in [3.8, 4) is 11.5 Å². The molecule has 2 aromatic carbocycles. The minimum absolute atomic E-state index is 0.159. The molecule has 6 nitrogen and oxygen atoms in total. The number of hydrogen-bond donors (Lipinski definition) is 2. The van der Waals surface area contributed by atoms with Crippen LogP contribution in [0.3, 0.4) is 0 Å². The lowest BCUT2D eigenvalue weighted by Crippen LogP contribution is -2.12. The Kier molecular flexibility index (Phi) is 5.45. The van der Waals surface area contributed by atoms with Crippen LogP contribution in [0.1, 0.15) is 30.1 Å². The maximum absolute atomic E-state index is 12.5. The highest BCUT2D eigenvalue weighted by Crippen LogP contribution is 2.31. The average molecular weight is 366 g/mol. The maximum Gasteiger partial charge on any atom is 0.255 e. The summed E-state index contributed by atoms with van der Waals surface area (Å²) in [5, 5.41) is 6.10. The van der Waals surface area contributed by atoms with Gasteiger partial charge < -0.3 is 20.1 Å². The topological polar surface area (TPSA) is 76.7 Å². The predicted octanol–water partition coefficient (Wildman–Crippen LogP) is 4.00. The predicted molar refractivity (Wildman–Crippen MR) is 105 cm³/mol. The van der Waals surface area contributed by atoms with Gasteiger partial charge in [0.25, 0.3) is 5.91 Å². The van der Waals surface area contributed by atoms with Crippen LogP contribution in [0.4, 0.5) is 11.4 Å². The van der Waals surface area contributed by atoms with Crippen LogP contribution in [-0.2, 0) is 4.79 Å². The van der Waals surface area contributed by atoms with Crippen LogP contribution in [-0.4, -0.2) is 25.9 Å². The molecule has 6 heteroatoms. The van der Waals surface area contributed by atoms with Gasteiger partial charge in [0.15, 0.2) is 5.78 Å². The number of carbonyl (C=O) groups is 2. The number of anilines is 2. The molecule has 0 saturated carbocycles. The number of ketones is 1. The number of hydrogen-bond acceptors (Lipinski definition) is 5. The third kappa shape index (κ3) is 4.11. The number of nitrogens with one attached hydrogen (secondary N) is 2. The van der Waals surface area contributed by atoms with Gasteiger partial charge in [-0.05, 0) is 55.8 Å². The Morgan fingerprint density at radius 2 is 1.74 bits per heavy atom. The first kappa shape index (κ1) is 18.5. The Balaban J connectivity index is 1.76. The smallest absolute Gasteiger partial charge is 0.255 e. The first-order valence-electron chi connectivity index (χ1n) is 8.65. The van der Waals surface area contributed by atoms with Gasteiger partial charge in [0.1, 0.15) is 11.5 Å². The summed E-state index contributed by atoms with van der Waals surface area (Å²) >= 11 is 0. The Hall–Kier alpha value is -3.28.